The predicted molar refractivity (Wildman–Crippen MR) is 109 cm³/mol. The van der Waals surface area contributed by atoms with Crippen LogP contribution in [0.2, 0.25) is 0 Å². The Labute approximate surface area is 170 Å². The van der Waals surface area contributed by atoms with Gasteiger partial charge in [0, 0.05) is 19.5 Å². The van der Waals surface area contributed by atoms with Crippen molar-refractivity contribution in [2.24, 2.45) is 0 Å². The van der Waals surface area contributed by atoms with Gasteiger partial charge in [0.15, 0.2) is 11.6 Å². The van der Waals surface area contributed by atoms with Crippen LogP contribution < -0.4 is 10.1 Å². The average molecular weight is 421 g/mol. The standard InChI is InChI=1S/C21H25FN2O4S/c1-28-19-11-9-16(15-17(19)22)10-12-21(25)23-18-7-3-4-8-20(18)29(26,27)24-13-5-2-6-14-24/h3-4,7-9,11,15H,2,5-6,10,12-14H2,1H3,(H,23,25). The molecule has 0 saturated carbocycles. The molecule has 29 heavy (non-hydrogen) atoms. The van der Waals surface area contributed by atoms with Crippen molar-refractivity contribution in [3.05, 3.63) is 53.8 Å². The van der Waals surface area contributed by atoms with Gasteiger partial charge in [0.05, 0.1) is 12.8 Å². The Morgan fingerprint density at radius 2 is 1.86 bits per heavy atom. The minimum absolute atomic E-state index is 0.101. The Morgan fingerprint density at radius 3 is 2.55 bits per heavy atom. The lowest BCUT2D eigenvalue weighted by Gasteiger charge is -2.26. The number of benzene rings is 2. The van der Waals surface area contributed by atoms with Gasteiger partial charge in [-0.1, -0.05) is 24.6 Å². The highest BCUT2D eigenvalue weighted by molar-refractivity contribution is 7.89. The first-order valence-electron chi connectivity index (χ1n) is 9.63. The lowest BCUT2D eigenvalue weighted by molar-refractivity contribution is -0.116. The summed E-state index contributed by atoms with van der Waals surface area (Å²) in [6, 6.07) is 11.0. The highest BCUT2D eigenvalue weighted by Gasteiger charge is 2.28. The number of sulfonamides is 1. The molecular weight excluding hydrogens is 395 g/mol. The summed E-state index contributed by atoms with van der Waals surface area (Å²) in [5.41, 5.74) is 0.927. The van der Waals surface area contributed by atoms with Crippen LogP contribution >= 0.6 is 0 Å². The number of carbonyl (C=O) groups is 1. The van der Waals surface area contributed by atoms with E-state index in [-0.39, 0.29) is 28.7 Å². The van der Waals surface area contributed by atoms with Gasteiger partial charge in [-0.2, -0.15) is 4.31 Å². The van der Waals surface area contributed by atoms with Crippen LogP contribution in [0.4, 0.5) is 10.1 Å². The summed E-state index contributed by atoms with van der Waals surface area (Å²) in [6.07, 6.45) is 3.13. The Hall–Kier alpha value is -2.45. The fourth-order valence-corrected chi connectivity index (χ4v) is 5.04. The second-order valence-electron chi connectivity index (χ2n) is 6.98. The summed E-state index contributed by atoms with van der Waals surface area (Å²) in [5, 5.41) is 2.70. The van der Waals surface area contributed by atoms with Gasteiger partial charge in [-0.3, -0.25) is 4.79 Å². The van der Waals surface area contributed by atoms with E-state index in [2.05, 4.69) is 5.32 Å². The minimum atomic E-state index is -3.66. The molecule has 2 aromatic rings. The van der Waals surface area contributed by atoms with E-state index in [0.717, 1.165) is 19.3 Å². The van der Waals surface area contributed by atoms with E-state index in [1.807, 2.05) is 0 Å². The van der Waals surface area contributed by atoms with Crippen molar-refractivity contribution < 1.29 is 22.3 Å². The van der Waals surface area contributed by atoms with Crippen molar-refractivity contribution in [3.8, 4) is 5.75 Å². The number of methoxy groups -OCH3 is 1. The molecule has 0 atom stereocenters. The number of aryl methyl sites for hydroxylation is 1. The monoisotopic (exact) mass is 420 g/mol. The zero-order valence-corrected chi connectivity index (χ0v) is 17.2. The molecule has 1 fully saturated rings. The van der Waals surface area contributed by atoms with Gasteiger partial charge in [-0.25, -0.2) is 12.8 Å². The second kappa shape index (κ2) is 9.37. The number of rotatable bonds is 7. The summed E-state index contributed by atoms with van der Waals surface area (Å²) in [5.74, 6) is -0.666. The molecule has 1 saturated heterocycles. The van der Waals surface area contributed by atoms with Gasteiger partial charge in [-0.05, 0) is 49.1 Å². The molecule has 0 unspecified atom stereocenters. The number of carbonyl (C=O) groups excluding carboxylic acids is 1. The average Bonchev–Trinajstić information content (AvgIpc) is 2.73. The quantitative estimate of drug-likeness (QED) is 0.743. The van der Waals surface area contributed by atoms with Crippen LogP contribution in [-0.2, 0) is 21.2 Å². The molecule has 3 rings (SSSR count). The Morgan fingerprint density at radius 1 is 1.14 bits per heavy atom. The molecule has 0 aromatic heterocycles. The molecule has 156 valence electrons. The maximum absolute atomic E-state index is 13.8. The molecule has 0 bridgehead atoms. The normalized spacial score (nSPS) is 15.1. The third-order valence-corrected chi connectivity index (χ3v) is 6.91. The summed E-state index contributed by atoms with van der Waals surface area (Å²) < 4.78 is 46.1. The predicted octanol–water partition coefficient (Wildman–Crippen LogP) is 3.58. The molecule has 0 spiro atoms. The number of halogens is 1. The third kappa shape index (κ3) is 5.13. The van der Waals surface area contributed by atoms with E-state index >= 15 is 0 Å². The number of piperidine rings is 1. The highest BCUT2D eigenvalue weighted by Crippen LogP contribution is 2.27. The van der Waals surface area contributed by atoms with E-state index in [1.165, 1.54) is 29.6 Å². The lowest BCUT2D eigenvalue weighted by Crippen LogP contribution is -2.36. The molecule has 2 aromatic carbocycles. The Kier molecular flexibility index (Phi) is 6.87. The van der Waals surface area contributed by atoms with Crippen molar-refractivity contribution in [2.75, 3.05) is 25.5 Å². The van der Waals surface area contributed by atoms with Crippen molar-refractivity contribution >= 4 is 21.6 Å². The molecule has 1 N–H and O–H groups in total. The summed E-state index contributed by atoms with van der Waals surface area (Å²) in [4.78, 5) is 12.5. The molecule has 0 aliphatic carbocycles. The SMILES string of the molecule is COc1ccc(CCC(=O)Nc2ccccc2S(=O)(=O)N2CCCCC2)cc1F. The van der Waals surface area contributed by atoms with Crippen LogP contribution in [0.15, 0.2) is 47.4 Å². The van der Waals surface area contributed by atoms with Crippen LogP contribution in [0.1, 0.15) is 31.2 Å². The molecule has 1 aliphatic rings. The van der Waals surface area contributed by atoms with E-state index in [4.69, 9.17) is 4.74 Å². The van der Waals surface area contributed by atoms with E-state index < -0.39 is 15.8 Å². The van der Waals surface area contributed by atoms with Crippen molar-refractivity contribution in [1.29, 1.82) is 0 Å². The first-order valence-corrected chi connectivity index (χ1v) is 11.1. The largest absolute Gasteiger partial charge is 0.494 e. The van der Waals surface area contributed by atoms with Gasteiger partial charge in [0.1, 0.15) is 4.90 Å². The van der Waals surface area contributed by atoms with Crippen LogP contribution in [0.25, 0.3) is 0 Å². The highest BCUT2D eigenvalue weighted by atomic mass is 32.2. The van der Waals surface area contributed by atoms with Crippen molar-refractivity contribution in [1.82, 2.24) is 4.31 Å². The number of para-hydroxylation sites is 1. The summed E-state index contributed by atoms with van der Waals surface area (Å²) in [6.45, 7) is 0.987. The maximum atomic E-state index is 13.8. The Balaban J connectivity index is 1.69. The fraction of sp³-hybridized carbons (Fsp3) is 0.381. The molecular formula is C21H25FN2O4S. The van der Waals surface area contributed by atoms with Crippen LogP contribution in [0.3, 0.4) is 0 Å². The molecule has 1 heterocycles. The zero-order chi connectivity index (χ0) is 20.9. The van der Waals surface area contributed by atoms with E-state index in [0.29, 0.717) is 25.1 Å². The fourth-order valence-electron chi connectivity index (χ4n) is 3.38. The topological polar surface area (TPSA) is 75.7 Å². The Bertz CT molecular complexity index is 972. The molecule has 0 radical (unpaired) electrons. The number of ether oxygens (including phenoxy) is 1. The third-order valence-electron chi connectivity index (χ3n) is 4.95. The number of anilines is 1. The van der Waals surface area contributed by atoms with Gasteiger partial charge in [0.25, 0.3) is 0 Å². The van der Waals surface area contributed by atoms with Crippen LogP contribution in [0.5, 0.6) is 5.75 Å². The molecule has 6 nitrogen and oxygen atoms in total. The minimum Gasteiger partial charge on any atom is -0.494 e. The van der Waals surface area contributed by atoms with E-state index in [1.54, 1.807) is 24.3 Å². The number of hydrogen-bond donors (Lipinski definition) is 1. The number of hydrogen-bond acceptors (Lipinski definition) is 4. The van der Waals surface area contributed by atoms with Crippen molar-refractivity contribution in [2.45, 2.75) is 37.0 Å². The number of nitrogens with zero attached hydrogens (tertiary/aromatic N) is 1. The maximum Gasteiger partial charge on any atom is 0.245 e. The van der Waals surface area contributed by atoms with Crippen LogP contribution in [-0.4, -0.2) is 38.8 Å². The van der Waals surface area contributed by atoms with Gasteiger partial charge in [-0.15, -0.1) is 0 Å². The van der Waals surface area contributed by atoms with Gasteiger partial charge >= 0.3 is 0 Å². The summed E-state index contributed by atoms with van der Waals surface area (Å²) in [7, 11) is -2.27. The van der Waals surface area contributed by atoms with Gasteiger partial charge < -0.3 is 10.1 Å². The molecule has 8 heteroatoms. The van der Waals surface area contributed by atoms with Gasteiger partial charge in [0.2, 0.25) is 15.9 Å². The first kappa shape index (κ1) is 21.3. The van der Waals surface area contributed by atoms with Crippen LogP contribution in [0, 0.1) is 5.82 Å². The number of amides is 1. The smallest absolute Gasteiger partial charge is 0.245 e. The lowest BCUT2D eigenvalue weighted by atomic mass is 10.1. The first-order chi connectivity index (χ1) is 13.9. The summed E-state index contributed by atoms with van der Waals surface area (Å²) >= 11 is 0. The molecule has 1 amide bonds. The van der Waals surface area contributed by atoms with Crippen molar-refractivity contribution in [3.63, 3.8) is 0 Å². The molecule has 1 aliphatic heterocycles. The van der Waals surface area contributed by atoms with E-state index in [9.17, 15) is 17.6 Å². The number of nitrogens with one attached hydrogen (secondary N) is 1. The second-order valence-corrected chi connectivity index (χ2v) is 8.88. The zero-order valence-electron chi connectivity index (χ0n) is 16.4.